The SMILES string of the molecule is CI=C1CCCC1. The molecule has 0 N–H and O–H groups in total. The van der Waals surface area contributed by atoms with Gasteiger partial charge in [0.1, 0.15) is 0 Å². The maximum atomic E-state index is 2.37. The van der Waals surface area contributed by atoms with Gasteiger partial charge in [0, 0.05) is 0 Å². The molecule has 0 heterocycles. The molecule has 0 bridgehead atoms. The molecule has 7 heavy (non-hydrogen) atoms. The lowest BCUT2D eigenvalue weighted by molar-refractivity contribution is 0.886. The van der Waals surface area contributed by atoms with Crippen LogP contribution in [0.1, 0.15) is 25.7 Å². The summed E-state index contributed by atoms with van der Waals surface area (Å²) >= 11 is 0.521. The summed E-state index contributed by atoms with van der Waals surface area (Å²) in [5, 5.41) is 0. The molecule has 1 fully saturated rings. The zero-order valence-electron chi connectivity index (χ0n) is 4.71. The van der Waals surface area contributed by atoms with E-state index in [-0.39, 0.29) is 0 Å². The number of hydrogen-bond acceptors (Lipinski definition) is 0. The van der Waals surface area contributed by atoms with E-state index in [0.29, 0.717) is 20.7 Å². The van der Waals surface area contributed by atoms with Crippen LogP contribution in [0.25, 0.3) is 0 Å². The fourth-order valence-corrected chi connectivity index (χ4v) is 2.79. The Balaban J connectivity index is 2.41. The summed E-state index contributed by atoms with van der Waals surface area (Å²) in [6, 6.07) is 0. The standard InChI is InChI=1S/C6H11I/c1-7-6-4-2-3-5-6/h2-5H2,1H3. The average molecular weight is 210 g/mol. The minimum Gasteiger partial charge on any atom is -0.127 e. The summed E-state index contributed by atoms with van der Waals surface area (Å²) in [6.07, 6.45) is 5.93. The predicted molar refractivity (Wildman–Crippen MR) is 43.4 cm³/mol. The van der Waals surface area contributed by atoms with Crippen molar-refractivity contribution in [2.45, 2.75) is 25.7 Å². The first-order valence-corrected chi connectivity index (χ1v) is 6.01. The van der Waals surface area contributed by atoms with E-state index in [0.717, 1.165) is 0 Å². The van der Waals surface area contributed by atoms with Crippen molar-refractivity contribution < 1.29 is 0 Å². The summed E-state index contributed by atoms with van der Waals surface area (Å²) in [4.78, 5) is 2.37. The van der Waals surface area contributed by atoms with Crippen molar-refractivity contribution in [3.05, 3.63) is 0 Å². The van der Waals surface area contributed by atoms with Gasteiger partial charge in [-0.2, -0.15) is 0 Å². The molecule has 0 nitrogen and oxygen atoms in total. The Bertz CT molecular complexity index is 76.2. The van der Waals surface area contributed by atoms with E-state index in [2.05, 4.69) is 4.93 Å². The third-order valence-corrected chi connectivity index (χ3v) is 4.02. The number of halogens is 1. The van der Waals surface area contributed by atoms with Crippen LogP contribution >= 0.6 is 20.7 Å². The van der Waals surface area contributed by atoms with Crippen LogP contribution in [0.15, 0.2) is 0 Å². The lowest BCUT2D eigenvalue weighted by atomic mass is 10.4. The molecule has 1 saturated carbocycles. The Hall–Kier alpha value is 0.600. The second-order valence-electron chi connectivity index (χ2n) is 1.91. The zero-order valence-corrected chi connectivity index (χ0v) is 6.86. The van der Waals surface area contributed by atoms with Crippen molar-refractivity contribution in [3.63, 3.8) is 0 Å². The maximum absolute atomic E-state index is 2.37. The molecule has 1 rings (SSSR count). The smallest absolute Gasteiger partial charge is 0.0169 e. The van der Waals surface area contributed by atoms with Crippen LogP contribution in [-0.2, 0) is 0 Å². The van der Waals surface area contributed by atoms with E-state index in [9.17, 15) is 0 Å². The van der Waals surface area contributed by atoms with Gasteiger partial charge in [-0.1, -0.05) is 0 Å². The van der Waals surface area contributed by atoms with Crippen LogP contribution in [0.3, 0.4) is 0 Å². The van der Waals surface area contributed by atoms with Crippen molar-refractivity contribution in [1.29, 1.82) is 0 Å². The lowest BCUT2D eigenvalue weighted by Crippen LogP contribution is -1.78. The summed E-state index contributed by atoms with van der Waals surface area (Å²) in [6.45, 7) is 0. The monoisotopic (exact) mass is 210 g/mol. The summed E-state index contributed by atoms with van der Waals surface area (Å²) in [7, 11) is 0. The van der Waals surface area contributed by atoms with Gasteiger partial charge < -0.3 is 0 Å². The second kappa shape index (κ2) is 2.80. The fraction of sp³-hybridized carbons (Fsp3) is 0.833. The molecule has 1 heteroatoms. The minimum absolute atomic E-state index is 0.521. The number of hydrogen-bond donors (Lipinski definition) is 0. The van der Waals surface area contributed by atoms with Crippen molar-refractivity contribution >= 4 is 24.2 Å². The first-order valence-electron chi connectivity index (χ1n) is 2.77. The normalized spacial score (nSPS) is 21.0. The van der Waals surface area contributed by atoms with Gasteiger partial charge >= 0.3 is 0 Å². The van der Waals surface area contributed by atoms with E-state index in [1.54, 1.807) is 0 Å². The number of rotatable bonds is 0. The molecule has 1 aliphatic carbocycles. The van der Waals surface area contributed by atoms with Gasteiger partial charge in [0.25, 0.3) is 0 Å². The van der Waals surface area contributed by atoms with Crippen molar-refractivity contribution in [2.75, 3.05) is 4.93 Å². The van der Waals surface area contributed by atoms with Gasteiger partial charge in [0.2, 0.25) is 0 Å². The highest BCUT2D eigenvalue weighted by Gasteiger charge is 2.03. The topological polar surface area (TPSA) is 0 Å². The summed E-state index contributed by atoms with van der Waals surface area (Å²) in [5.74, 6) is 0. The van der Waals surface area contributed by atoms with Gasteiger partial charge in [-0.3, -0.25) is 0 Å². The third-order valence-electron chi connectivity index (χ3n) is 1.41. The first kappa shape index (κ1) is 5.73. The van der Waals surface area contributed by atoms with Crippen LogP contribution in [0.4, 0.5) is 0 Å². The molecule has 0 aromatic rings. The van der Waals surface area contributed by atoms with E-state index in [1.165, 1.54) is 25.7 Å². The predicted octanol–water partition coefficient (Wildman–Crippen LogP) is 2.33. The highest BCUT2D eigenvalue weighted by Crippen LogP contribution is 2.18. The molecule has 0 aromatic heterocycles. The molecule has 0 saturated heterocycles. The van der Waals surface area contributed by atoms with Crippen LogP contribution in [-0.4, -0.2) is 8.44 Å². The van der Waals surface area contributed by atoms with E-state index >= 15 is 0 Å². The van der Waals surface area contributed by atoms with Crippen molar-refractivity contribution in [3.8, 4) is 0 Å². The lowest BCUT2D eigenvalue weighted by Gasteiger charge is -1.84. The molecule has 0 aliphatic heterocycles. The number of alkyl halides is 1. The Labute approximate surface area is 55.1 Å². The van der Waals surface area contributed by atoms with Crippen LogP contribution in [0, 0.1) is 0 Å². The van der Waals surface area contributed by atoms with Gasteiger partial charge in [-0.25, -0.2) is 0 Å². The Kier molecular flexibility index (Phi) is 2.29. The molecule has 0 amide bonds. The highest BCUT2D eigenvalue weighted by molar-refractivity contribution is 14.2. The molecule has 42 valence electrons. The van der Waals surface area contributed by atoms with Crippen LogP contribution in [0.2, 0.25) is 0 Å². The average Bonchev–Trinajstić information content (AvgIpc) is 2.14. The van der Waals surface area contributed by atoms with E-state index in [4.69, 9.17) is 0 Å². The van der Waals surface area contributed by atoms with Crippen LogP contribution < -0.4 is 0 Å². The van der Waals surface area contributed by atoms with Crippen molar-refractivity contribution in [1.82, 2.24) is 0 Å². The van der Waals surface area contributed by atoms with Gasteiger partial charge in [0.05, 0.1) is 0 Å². The van der Waals surface area contributed by atoms with Gasteiger partial charge in [-0.05, 0) is 34.1 Å². The molecule has 0 aromatic carbocycles. The quantitative estimate of drug-likeness (QED) is 0.425. The molecular weight excluding hydrogens is 199 g/mol. The first-order chi connectivity index (χ1) is 3.43. The summed E-state index contributed by atoms with van der Waals surface area (Å²) < 4.78 is 1.90. The molecule has 0 unspecified atom stereocenters. The molecule has 0 spiro atoms. The summed E-state index contributed by atoms with van der Waals surface area (Å²) in [5.41, 5.74) is 0. The molecule has 0 radical (unpaired) electrons. The van der Waals surface area contributed by atoms with Crippen molar-refractivity contribution in [2.24, 2.45) is 0 Å². The van der Waals surface area contributed by atoms with Gasteiger partial charge in [-0.15, -0.1) is 20.7 Å². The molecule has 1 aliphatic rings. The van der Waals surface area contributed by atoms with E-state index in [1.807, 2.05) is 3.51 Å². The Morgan fingerprint density at radius 3 is 2.14 bits per heavy atom. The Morgan fingerprint density at radius 2 is 1.86 bits per heavy atom. The third kappa shape index (κ3) is 1.52. The molecule has 0 atom stereocenters. The Morgan fingerprint density at radius 1 is 1.29 bits per heavy atom. The minimum atomic E-state index is 0.521. The maximum Gasteiger partial charge on any atom is -0.0169 e. The van der Waals surface area contributed by atoms with E-state index < -0.39 is 0 Å². The zero-order chi connectivity index (χ0) is 5.11. The highest BCUT2D eigenvalue weighted by atomic mass is 127. The fourth-order valence-electron chi connectivity index (χ4n) is 0.948. The van der Waals surface area contributed by atoms with Crippen LogP contribution in [0.5, 0.6) is 0 Å². The molecular formula is C6H11I. The van der Waals surface area contributed by atoms with Gasteiger partial charge in [0.15, 0.2) is 0 Å². The second-order valence-corrected chi connectivity index (χ2v) is 4.52. The largest absolute Gasteiger partial charge is 0.127 e.